The summed E-state index contributed by atoms with van der Waals surface area (Å²) in [6, 6.07) is 9.32. The first kappa shape index (κ1) is 17.0. The third-order valence-electron chi connectivity index (χ3n) is 3.84. The maximum Gasteiger partial charge on any atom is 0.244 e. The van der Waals surface area contributed by atoms with Crippen molar-refractivity contribution in [1.82, 2.24) is 15.1 Å². The molecule has 1 amide bonds. The number of nitrogens with zero attached hydrogens (tertiary/aromatic N) is 2. The Balaban J connectivity index is 1.86. The van der Waals surface area contributed by atoms with E-state index in [1.54, 1.807) is 17.0 Å². The van der Waals surface area contributed by atoms with E-state index in [2.05, 4.69) is 10.4 Å². The summed E-state index contributed by atoms with van der Waals surface area (Å²) in [5, 5.41) is 17.2. The largest absolute Gasteiger partial charge is 0.388 e. The van der Waals surface area contributed by atoms with Crippen molar-refractivity contribution in [3.05, 3.63) is 59.4 Å². The van der Waals surface area contributed by atoms with Gasteiger partial charge in [-0.3, -0.25) is 9.48 Å². The molecule has 23 heavy (non-hydrogen) atoms. The molecule has 0 aliphatic rings. The topological polar surface area (TPSA) is 67.2 Å². The molecule has 0 aliphatic carbocycles. The normalized spacial score (nSPS) is 13.9. The van der Waals surface area contributed by atoms with Crippen LogP contribution in [0.2, 0.25) is 0 Å². The molecule has 0 spiro atoms. The van der Waals surface area contributed by atoms with Crippen LogP contribution >= 0.6 is 0 Å². The molecule has 5 nitrogen and oxygen atoms in total. The van der Waals surface area contributed by atoms with Crippen molar-refractivity contribution in [2.45, 2.75) is 32.4 Å². The van der Waals surface area contributed by atoms with Crippen LogP contribution in [0, 0.1) is 6.92 Å². The highest BCUT2D eigenvalue weighted by atomic mass is 16.3. The smallest absolute Gasteiger partial charge is 0.244 e. The fourth-order valence-corrected chi connectivity index (χ4v) is 2.34. The van der Waals surface area contributed by atoms with Crippen molar-refractivity contribution in [3.63, 3.8) is 0 Å². The first-order valence-corrected chi connectivity index (χ1v) is 7.67. The molecule has 2 atom stereocenters. The van der Waals surface area contributed by atoms with E-state index in [1.165, 1.54) is 6.08 Å². The van der Waals surface area contributed by atoms with Crippen LogP contribution < -0.4 is 5.32 Å². The second-order valence-corrected chi connectivity index (χ2v) is 5.71. The van der Waals surface area contributed by atoms with Gasteiger partial charge in [-0.05, 0) is 31.9 Å². The monoisotopic (exact) mass is 313 g/mol. The highest BCUT2D eigenvalue weighted by Crippen LogP contribution is 2.17. The molecule has 1 aromatic heterocycles. The Kier molecular flexibility index (Phi) is 5.71. The Morgan fingerprint density at radius 3 is 2.70 bits per heavy atom. The van der Waals surface area contributed by atoms with Gasteiger partial charge in [0, 0.05) is 30.4 Å². The fraction of sp³-hybridized carbons (Fsp3) is 0.333. The number of aliphatic hydroxyl groups is 1. The molecular weight excluding hydrogens is 290 g/mol. The molecular formula is C18H23N3O2. The lowest BCUT2D eigenvalue weighted by Crippen LogP contribution is -2.32. The quantitative estimate of drug-likeness (QED) is 0.805. The summed E-state index contributed by atoms with van der Waals surface area (Å²) in [6.07, 6.45) is 4.85. The minimum atomic E-state index is -0.587. The van der Waals surface area contributed by atoms with Crippen molar-refractivity contribution in [3.8, 4) is 0 Å². The van der Waals surface area contributed by atoms with Crippen LogP contribution in [0.5, 0.6) is 0 Å². The zero-order chi connectivity index (χ0) is 16.8. The number of aryl methyl sites for hydroxylation is 1. The summed E-state index contributed by atoms with van der Waals surface area (Å²) < 4.78 is 1.76. The molecule has 0 aliphatic heterocycles. The minimum absolute atomic E-state index is 0.127. The molecule has 1 aromatic carbocycles. The van der Waals surface area contributed by atoms with Gasteiger partial charge in [0.25, 0.3) is 0 Å². The number of carbonyl (C=O) groups excluding carboxylic acids is 1. The molecule has 1 heterocycles. The van der Waals surface area contributed by atoms with E-state index >= 15 is 0 Å². The maximum atomic E-state index is 12.0. The van der Waals surface area contributed by atoms with E-state index in [9.17, 15) is 9.90 Å². The second-order valence-electron chi connectivity index (χ2n) is 5.71. The van der Waals surface area contributed by atoms with Crippen molar-refractivity contribution in [1.29, 1.82) is 0 Å². The lowest BCUT2D eigenvalue weighted by atomic mass is 10.0. The van der Waals surface area contributed by atoms with Crippen LogP contribution in [0.3, 0.4) is 0 Å². The molecule has 2 unspecified atom stereocenters. The lowest BCUT2D eigenvalue weighted by molar-refractivity contribution is -0.117. The number of hydrogen-bond acceptors (Lipinski definition) is 3. The van der Waals surface area contributed by atoms with Gasteiger partial charge < -0.3 is 10.4 Å². The van der Waals surface area contributed by atoms with Gasteiger partial charge in [-0.25, -0.2) is 0 Å². The summed E-state index contributed by atoms with van der Waals surface area (Å²) in [5.41, 5.74) is 2.77. The number of rotatable bonds is 6. The van der Waals surface area contributed by atoms with Gasteiger partial charge in [-0.15, -0.1) is 0 Å². The fourth-order valence-electron chi connectivity index (χ4n) is 2.34. The second kappa shape index (κ2) is 7.74. The molecule has 5 heteroatoms. The van der Waals surface area contributed by atoms with E-state index in [1.807, 2.05) is 51.2 Å². The summed E-state index contributed by atoms with van der Waals surface area (Å²) >= 11 is 0. The van der Waals surface area contributed by atoms with Crippen molar-refractivity contribution in [2.24, 2.45) is 7.05 Å². The number of nitrogens with one attached hydrogen (secondary N) is 1. The van der Waals surface area contributed by atoms with Crippen molar-refractivity contribution in [2.75, 3.05) is 0 Å². The Morgan fingerprint density at radius 2 is 2.09 bits per heavy atom. The molecule has 0 bridgehead atoms. The van der Waals surface area contributed by atoms with E-state index in [0.29, 0.717) is 6.42 Å². The predicted molar refractivity (Wildman–Crippen MR) is 90.6 cm³/mol. The van der Waals surface area contributed by atoms with Gasteiger partial charge >= 0.3 is 0 Å². The lowest BCUT2D eigenvalue weighted by Gasteiger charge is -2.17. The Bertz CT molecular complexity index is 677. The summed E-state index contributed by atoms with van der Waals surface area (Å²) in [6.45, 7) is 3.83. The van der Waals surface area contributed by atoms with Crippen molar-refractivity contribution < 1.29 is 9.90 Å². The third kappa shape index (κ3) is 4.79. The van der Waals surface area contributed by atoms with Crippen LogP contribution in [-0.2, 0) is 11.8 Å². The maximum absolute atomic E-state index is 12.0. The average molecular weight is 313 g/mol. The number of aliphatic hydroxyl groups excluding tert-OH is 1. The minimum Gasteiger partial charge on any atom is -0.388 e. The highest BCUT2D eigenvalue weighted by molar-refractivity contribution is 5.91. The SMILES string of the molecule is Cc1c(/C=C/C(=O)NC(C)CC(O)c2ccccc2)cnn1C. The van der Waals surface area contributed by atoms with E-state index in [0.717, 1.165) is 16.8 Å². The summed E-state index contributed by atoms with van der Waals surface area (Å²) in [4.78, 5) is 12.0. The van der Waals surface area contributed by atoms with Gasteiger partial charge in [0.1, 0.15) is 0 Å². The van der Waals surface area contributed by atoms with Gasteiger partial charge in [0.2, 0.25) is 5.91 Å². The standard InChI is InChI=1S/C18H23N3O2/c1-13(11-17(22)15-7-5-4-6-8-15)20-18(23)10-9-16-12-19-21(3)14(16)2/h4-10,12-13,17,22H,11H2,1-3H3,(H,20,23)/b10-9+. The van der Waals surface area contributed by atoms with Crippen LogP contribution in [0.25, 0.3) is 6.08 Å². The van der Waals surface area contributed by atoms with E-state index in [4.69, 9.17) is 0 Å². The molecule has 0 fully saturated rings. The predicted octanol–water partition coefficient (Wildman–Crippen LogP) is 2.37. The molecule has 2 N–H and O–H groups in total. The van der Waals surface area contributed by atoms with E-state index in [-0.39, 0.29) is 11.9 Å². The molecule has 0 radical (unpaired) electrons. The first-order chi connectivity index (χ1) is 11.0. The number of benzene rings is 1. The van der Waals surface area contributed by atoms with Gasteiger partial charge in [-0.2, -0.15) is 5.10 Å². The molecule has 2 rings (SSSR count). The average Bonchev–Trinajstić information content (AvgIpc) is 2.85. The van der Waals surface area contributed by atoms with Gasteiger partial charge in [0.05, 0.1) is 12.3 Å². The third-order valence-corrected chi connectivity index (χ3v) is 3.84. The Morgan fingerprint density at radius 1 is 1.39 bits per heavy atom. The van der Waals surface area contributed by atoms with Gasteiger partial charge in [-0.1, -0.05) is 30.3 Å². The Hall–Kier alpha value is -2.40. The number of carbonyl (C=O) groups is 1. The van der Waals surface area contributed by atoms with Crippen LogP contribution in [0.1, 0.15) is 36.3 Å². The zero-order valence-electron chi connectivity index (χ0n) is 13.7. The molecule has 0 saturated heterocycles. The zero-order valence-corrected chi connectivity index (χ0v) is 13.7. The highest BCUT2D eigenvalue weighted by Gasteiger charge is 2.13. The summed E-state index contributed by atoms with van der Waals surface area (Å²) in [5.74, 6) is -0.180. The number of amides is 1. The van der Waals surface area contributed by atoms with Crippen LogP contribution in [0.15, 0.2) is 42.6 Å². The molecule has 2 aromatic rings. The van der Waals surface area contributed by atoms with Crippen LogP contribution in [-0.4, -0.2) is 26.8 Å². The first-order valence-electron chi connectivity index (χ1n) is 7.67. The Labute approximate surface area is 136 Å². The van der Waals surface area contributed by atoms with E-state index < -0.39 is 6.10 Å². The number of aromatic nitrogens is 2. The molecule has 122 valence electrons. The number of hydrogen-bond donors (Lipinski definition) is 2. The summed E-state index contributed by atoms with van der Waals surface area (Å²) in [7, 11) is 1.86. The van der Waals surface area contributed by atoms with Gasteiger partial charge in [0.15, 0.2) is 0 Å². The molecule has 0 saturated carbocycles. The van der Waals surface area contributed by atoms with Crippen LogP contribution in [0.4, 0.5) is 0 Å². The van der Waals surface area contributed by atoms with Crippen molar-refractivity contribution >= 4 is 12.0 Å².